The molecule has 0 aliphatic heterocycles. The van der Waals surface area contributed by atoms with Crippen LogP contribution in [-0.4, -0.2) is 53.4 Å². The van der Waals surface area contributed by atoms with E-state index < -0.39 is 11.0 Å². The lowest BCUT2D eigenvalue weighted by Gasteiger charge is -2.21. The number of aliphatic hydroxyl groups is 1. The minimum absolute atomic E-state index is 0.0584. The molecule has 0 bridgehead atoms. The number of nitrogens with two attached hydrogens (primary N) is 1. The van der Waals surface area contributed by atoms with Gasteiger partial charge in [-0.1, -0.05) is 0 Å². The van der Waals surface area contributed by atoms with E-state index in [2.05, 4.69) is 15.4 Å². The molecular formula is C9H16N6O4. The summed E-state index contributed by atoms with van der Waals surface area (Å²) in [6.07, 6.45) is 0.357. The number of nitro groups is 1. The largest absolute Gasteiger partial charge is 0.389 e. The van der Waals surface area contributed by atoms with Crippen molar-refractivity contribution in [2.24, 2.45) is 5.84 Å². The highest BCUT2D eigenvalue weighted by atomic mass is 16.6. The second-order valence-electron chi connectivity index (χ2n) is 3.79. The van der Waals surface area contributed by atoms with Gasteiger partial charge in [-0.3, -0.25) is 10.1 Å². The number of likely N-dealkylation sites (N-methyl/N-ethyl adjacent to an activating group) is 1. The first-order valence-corrected chi connectivity index (χ1v) is 5.35. The number of aliphatic hydroxyl groups excluding tert-OH is 1. The molecule has 1 heterocycles. The minimum Gasteiger partial charge on any atom is -0.389 e. The summed E-state index contributed by atoms with van der Waals surface area (Å²) >= 11 is 0. The first-order valence-electron chi connectivity index (χ1n) is 5.35. The molecule has 106 valence electrons. The molecule has 0 radical (unpaired) electrons. The Bertz CT molecular complexity index is 443. The van der Waals surface area contributed by atoms with Crippen LogP contribution in [0.5, 0.6) is 0 Å². The predicted molar refractivity (Wildman–Crippen MR) is 67.6 cm³/mol. The molecule has 10 heteroatoms. The van der Waals surface area contributed by atoms with E-state index in [-0.39, 0.29) is 30.5 Å². The summed E-state index contributed by atoms with van der Waals surface area (Å²) < 4.78 is 4.79. The number of hydrogen-bond donors (Lipinski definition) is 3. The molecule has 0 spiro atoms. The molecule has 0 saturated heterocycles. The van der Waals surface area contributed by atoms with Gasteiger partial charge in [0.2, 0.25) is 11.6 Å². The Morgan fingerprint density at radius 1 is 1.68 bits per heavy atom. The SMILES string of the molecule is COCC(O)CN(C)c1ncnc(NN)c1[N+](=O)[O-]. The Hall–Kier alpha value is -2.04. The monoisotopic (exact) mass is 272 g/mol. The van der Waals surface area contributed by atoms with Crippen LogP contribution in [0.3, 0.4) is 0 Å². The molecule has 0 aliphatic carbocycles. The second kappa shape index (κ2) is 6.78. The van der Waals surface area contributed by atoms with E-state index in [0.717, 1.165) is 6.33 Å². The second-order valence-corrected chi connectivity index (χ2v) is 3.79. The zero-order valence-electron chi connectivity index (χ0n) is 10.6. The molecule has 0 saturated carbocycles. The predicted octanol–water partition coefficient (Wildman–Crippen LogP) is -0.886. The number of hydrazine groups is 1. The first kappa shape index (κ1) is 15.0. The van der Waals surface area contributed by atoms with Crippen molar-refractivity contribution in [2.75, 3.05) is 37.6 Å². The number of methoxy groups -OCH3 is 1. The van der Waals surface area contributed by atoms with Crippen LogP contribution in [0.15, 0.2) is 6.33 Å². The van der Waals surface area contributed by atoms with E-state index in [1.165, 1.54) is 12.0 Å². The molecule has 1 rings (SSSR count). The van der Waals surface area contributed by atoms with Crippen LogP contribution in [-0.2, 0) is 4.74 Å². The molecule has 1 aromatic rings. The van der Waals surface area contributed by atoms with E-state index in [1.54, 1.807) is 7.05 Å². The summed E-state index contributed by atoms with van der Waals surface area (Å²) in [5, 5.41) is 20.7. The Kier molecular flexibility index (Phi) is 5.36. The zero-order valence-corrected chi connectivity index (χ0v) is 10.6. The summed E-state index contributed by atoms with van der Waals surface area (Å²) in [4.78, 5) is 19.4. The number of hydrogen-bond acceptors (Lipinski definition) is 9. The van der Waals surface area contributed by atoms with Gasteiger partial charge in [0.25, 0.3) is 0 Å². The van der Waals surface area contributed by atoms with Gasteiger partial charge in [0.05, 0.1) is 17.6 Å². The van der Waals surface area contributed by atoms with Gasteiger partial charge < -0.3 is 20.2 Å². The molecular weight excluding hydrogens is 256 g/mol. The quantitative estimate of drug-likeness (QED) is 0.327. The lowest BCUT2D eigenvalue weighted by molar-refractivity contribution is -0.383. The number of nitrogens with one attached hydrogen (secondary N) is 1. The average Bonchev–Trinajstić information content (AvgIpc) is 2.37. The highest BCUT2D eigenvalue weighted by Gasteiger charge is 2.25. The smallest absolute Gasteiger partial charge is 0.354 e. The Morgan fingerprint density at radius 3 is 2.89 bits per heavy atom. The normalized spacial score (nSPS) is 12.0. The molecule has 1 atom stereocenters. The van der Waals surface area contributed by atoms with Crippen molar-refractivity contribution < 1.29 is 14.8 Å². The lowest BCUT2D eigenvalue weighted by Crippen LogP contribution is -2.33. The highest BCUT2D eigenvalue weighted by Crippen LogP contribution is 2.30. The van der Waals surface area contributed by atoms with Crippen molar-refractivity contribution >= 4 is 17.3 Å². The summed E-state index contributed by atoms with van der Waals surface area (Å²) in [5.74, 6) is 5.14. The van der Waals surface area contributed by atoms with Gasteiger partial charge in [-0.15, -0.1) is 0 Å². The molecule has 1 unspecified atom stereocenters. The van der Waals surface area contributed by atoms with Crippen molar-refractivity contribution in [1.82, 2.24) is 9.97 Å². The maximum atomic E-state index is 11.0. The van der Waals surface area contributed by atoms with Crippen LogP contribution in [0.25, 0.3) is 0 Å². The van der Waals surface area contributed by atoms with E-state index in [4.69, 9.17) is 10.6 Å². The third-order valence-corrected chi connectivity index (χ3v) is 2.33. The van der Waals surface area contributed by atoms with Crippen molar-refractivity contribution in [3.8, 4) is 0 Å². The molecule has 0 amide bonds. The van der Waals surface area contributed by atoms with E-state index >= 15 is 0 Å². The number of ether oxygens (including phenoxy) is 1. The lowest BCUT2D eigenvalue weighted by atomic mass is 10.3. The van der Waals surface area contributed by atoms with Crippen molar-refractivity contribution in [3.63, 3.8) is 0 Å². The van der Waals surface area contributed by atoms with Gasteiger partial charge in [-0.2, -0.15) is 0 Å². The number of rotatable bonds is 7. The summed E-state index contributed by atoms with van der Waals surface area (Å²) in [5.41, 5.74) is 1.79. The fourth-order valence-corrected chi connectivity index (χ4v) is 1.57. The summed E-state index contributed by atoms with van der Waals surface area (Å²) in [6, 6.07) is 0. The van der Waals surface area contributed by atoms with Crippen LogP contribution < -0.4 is 16.2 Å². The Morgan fingerprint density at radius 2 is 2.37 bits per heavy atom. The van der Waals surface area contributed by atoms with Gasteiger partial charge in [0.15, 0.2) is 0 Å². The molecule has 0 fully saturated rings. The molecule has 4 N–H and O–H groups in total. The molecule has 0 aliphatic rings. The van der Waals surface area contributed by atoms with Crippen molar-refractivity contribution in [2.45, 2.75) is 6.10 Å². The third-order valence-electron chi connectivity index (χ3n) is 2.33. The van der Waals surface area contributed by atoms with Gasteiger partial charge >= 0.3 is 5.69 Å². The van der Waals surface area contributed by atoms with Gasteiger partial charge in [-0.25, -0.2) is 15.8 Å². The maximum absolute atomic E-state index is 11.0. The average molecular weight is 272 g/mol. The third kappa shape index (κ3) is 3.71. The molecule has 1 aromatic heterocycles. The maximum Gasteiger partial charge on any atom is 0.354 e. The van der Waals surface area contributed by atoms with Gasteiger partial charge in [0, 0.05) is 20.7 Å². The van der Waals surface area contributed by atoms with Crippen LogP contribution >= 0.6 is 0 Å². The van der Waals surface area contributed by atoms with Crippen molar-refractivity contribution in [1.29, 1.82) is 0 Å². The van der Waals surface area contributed by atoms with Crippen molar-refractivity contribution in [3.05, 3.63) is 16.4 Å². The zero-order chi connectivity index (χ0) is 14.4. The molecule has 19 heavy (non-hydrogen) atoms. The topological polar surface area (TPSA) is 140 Å². The van der Waals surface area contributed by atoms with Crippen LogP contribution in [0, 0.1) is 10.1 Å². The molecule has 0 aromatic carbocycles. The Labute approximate surface area is 109 Å². The Balaban J connectivity index is 3.02. The van der Waals surface area contributed by atoms with Crippen LogP contribution in [0.2, 0.25) is 0 Å². The van der Waals surface area contributed by atoms with Crippen LogP contribution in [0.4, 0.5) is 17.3 Å². The number of nitrogens with zero attached hydrogens (tertiary/aromatic N) is 4. The first-order chi connectivity index (χ1) is 9.01. The summed E-state index contributed by atoms with van der Waals surface area (Å²) in [6.45, 7) is 0.237. The fourth-order valence-electron chi connectivity index (χ4n) is 1.57. The summed E-state index contributed by atoms with van der Waals surface area (Å²) in [7, 11) is 3.02. The number of aromatic nitrogens is 2. The van der Waals surface area contributed by atoms with E-state index in [0.29, 0.717) is 0 Å². The minimum atomic E-state index is -0.793. The highest BCUT2D eigenvalue weighted by molar-refractivity contribution is 5.69. The fraction of sp³-hybridized carbons (Fsp3) is 0.556. The number of nitrogen functional groups attached to an aromatic ring is 1. The number of anilines is 2. The standard InChI is InChI=1S/C9H16N6O4/c1-14(3-6(16)4-19-2)9-7(15(17)18)8(13-10)11-5-12-9/h5-6,16H,3-4,10H2,1-2H3,(H,11,12,13). The van der Waals surface area contributed by atoms with E-state index in [1.807, 2.05) is 0 Å². The van der Waals surface area contributed by atoms with Gasteiger partial charge in [0.1, 0.15) is 6.33 Å². The van der Waals surface area contributed by atoms with Gasteiger partial charge in [-0.05, 0) is 0 Å². The van der Waals surface area contributed by atoms with Crippen LogP contribution in [0.1, 0.15) is 0 Å². The van der Waals surface area contributed by atoms with E-state index in [9.17, 15) is 15.2 Å². The molecule has 10 nitrogen and oxygen atoms in total.